The Morgan fingerprint density at radius 3 is 2.96 bits per heavy atom. The van der Waals surface area contributed by atoms with Crippen LogP contribution in [0.3, 0.4) is 0 Å². The Morgan fingerprint density at radius 2 is 2.17 bits per heavy atom. The lowest BCUT2D eigenvalue weighted by atomic mass is 10.0. The van der Waals surface area contributed by atoms with Crippen LogP contribution >= 0.6 is 11.3 Å². The summed E-state index contributed by atoms with van der Waals surface area (Å²) in [6, 6.07) is 3.57. The van der Waals surface area contributed by atoms with Crippen LogP contribution in [0.1, 0.15) is 35.0 Å². The lowest BCUT2D eigenvalue weighted by molar-refractivity contribution is 0.112. The van der Waals surface area contributed by atoms with Gasteiger partial charge in [-0.05, 0) is 18.9 Å². The molecule has 4 heterocycles. The van der Waals surface area contributed by atoms with E-state index in [9.17, 15) is 4.79 Å². The molecule has 0 atom stereocenters. The summed E-state index contributed by atoms with van der Waals surface area (Å²) >= 11 is 1.75. The Morgan fingerprint density at radius 1 is 1.29 bits per heavy atom. The average molecular weight is 344 g/mol. The fraction of sp³-hybridized carbons (Fsp3) is 0.588. The van der Waals surface area contributed by atoms with E-state index in [4.69, 9.17) is 9.72 Å². The second kappa shape index (κ2) is 5.67. The topological polar surface area (TPSA) is 60.2 Å². The maximum absolute atomic E-state index is 12.0. The first-order chi connectivity index (χ1) is 11.8. The highest BCUT2D eigenvalue weighted by molar-refractivity contribution is 7.15. The minimum Gasteiger partial charge on any atom is -0.375 e. The molecule has 0 aromatic carbocycles. The van der Waals surface area contributed by atoms with E-state index in [0.29, 0.717) is 25.0 Å². The molecule has 0 unspecified atom stereocenters. The molecule has 0 N–H and O–H groups in total. The van der Waals surface area contributed by atoms with Crippen molar-refractivity contribution in [1.29, 1.82) is 0 Å². The molecule has 2 aromatic heterocycles. The maximum atomic E-state index is 12.0. The molecule has 0 radical (unpaired) electrons. The number of anilines is 1. The highest BCUT2D eigenvalue weighted by atomic mass is 32.1. The van der Waals surface area contributed by atoms with Crippen LogP contribution in [-0.2, 0) is 24.3 Å². The molecule has 24 heavy (non-hydrogen) atoms. The molecule has 0 spiro atoms. The van der Waals surface area contributed by atoms with Crippen molar-refractivity contribution in [2.24, 2.45) is 5.92 Å². The molecule has 2 aliphatic heterocycles. The second-order valence-corrected chi connectivity index (χ2v) is 8.05. The lowest BCUT2D eigenvalue weighted by Gasteiger charge is -2.39. The molecule has 1 saturated heterocycles. The summed E-state index contributed by atoms with van der Waals surface area (Å²) in [6.45, 7) is 4.11. The molecule has 7 heteroatoms. The molecular formula is C17H20N4O2S. The first-order valence-corrected chi connectivity index (χ1v) is 9.47. The summed E-state index contributed by atoms with van der Waals surface area (Å²) in [5.74, 6) is 1.06. The first kappa shape index (κ1) is 14.6. The van der Waals surface area contributed by atoms with Gasteiger partial charge in [0.1, 0.15) is 0 Å². The lowest BCUT2D eigenvalue weighted by Crippen LogP contribution is -2.49. The van der Waals surface area contributed by atoms with Crippen molar-refractivity contribution in [2.75, 3.05) is 24.6 Å². The molecule has 2 fully saturated rings. The van der Waals surface area contributed by atoms with Crippen molar-refractivity contribution in [3.8, 4) is 0 Å². The van der Waals surface area contributed by atoms with Gasteiger partial charge in [0.25, 0.3) is 5.56 Å². The number of fused-ring (bicyclic) bond motifs is 1. The van der Waals surface area contributed by atoms with Gasteiger partial charge in [-0.15, -0.1) is 0 Å². The Hall–Kier alpha value is -1.73. The Labute approximate surface area is 144 Å². The van der Waals surface area contributed by atoms with Gasteiger partial charge in [-0.2, -0.15) is 5.10 Å². The minimum absolute atomic E-state index is 0.0136. The van der Waals surface area contributed by atoms with Crippen LogP contribution in [0.2, 0.25) is 0 Å². The van der Waals surface area contributed by atoms with Crippen LogP contribution in [-0.4, -0.2) is 34.5 Å². The summed E-state index contributed by atoms with van der Waals surface area (Å²) in [5, 5.41) is 5.67. The van der Waals surface area contributed by atoms with Crippen molar-refractivity contribution in [1.82, 2.24) is 14.8 Å². The Balaban J connectivity index is 1.25. The summed E-state index contributed by atoms with van der Waals surface area (Å²) in [4.78, 5) is 20.4. The van der Waals surface area contributed by atoms with E-state index in [1.807, 2.05) is 6.07 Å². The Kier molecular flexibility index (Phi) is 3.45. The van der Waals surface area contributed by atoms with Gasteiger partial charge in [0, 0.05) is 37.4 Å². The summed E-state index contributed by atoms with van der Waals surface area (Å²) in [7, 11) is 0. The summed E-state index contributed by atoms with van der Waals surface area (Å²) in [6.07, 6.45) is 3.35. The van der Waals surface area contributed by atoms with Crippen LogP contribution in [0.4, 0.5) is 5.13 Å². The monoisotopic (exact) mass is 344 g/mol. The number of hydrogen-bond acceptors (Lipinski definition) is 6. The van der Waals surface area contributed by atoms with Gasteiger partial charge in [0.2, 0.25) is 0 Å². The summed E-state index contributed by atoms with van der Waals surface area (Å²) in [5.41, 5.74) is 2.30. The highest BCUT2D eigenvalue weighted by Crippen LogP contribution is 2.38. The SMILES string of the molecule is O=c1ccc(C2CC2)nn1CC1CN(c2nc3c(s2)COCC3)C1. The maximum Gasteiger partial charge on any atom is 0.266 e. The molecule has 1 aliphatic carbocycles. The number of aromatic nitrogens is 3. The van der Waals surface area contributed by atoms with E-state index in [1.54, 1.807) is 22.1 Å². The number of rotatable bonds is 4. The first-order valence-electron chi connectivity index (χ1n) is 8.65. The standard InChI is InChI=1S/C17H20N4O2S/c22-16-4-3-13(12-1-2-12)19-21(16)9-11-7-20(8-11)17-18-14-5-6-23-10-15(14)24-17/h3-4,11-12H,1-2,5-10H2. The number of hydrogen-bond donors (Lipinski definition) is 0. The molecule has 126 valence electrons. The second-order valence-electron chi connectivity index (χ2n) is 6.99. The van der Waals surface area contributed by atoms with Crippen molar-refractivity contribution < 1.29 is 4.74 Å². The third-order valence-corrected chi connectivity index (χ3v) is 6.16. The van der Waals surface area contributed by atoms with E-state index in [0.717, 1.165) is 36.9 Å². The Bertz CT molecular complexity index is 797. The van der Waals surface area contributed by atoms with Crippen LogP contribution in [0, 0.1) is 5.92 Å². The van der Waals surface area contributed by atoms with E-state index in [-0.39, 0.29) is 5.56 Å². The van der Waals surface area contributed by atoms with Gasteiger partial charge in [0.15, 0.2) is 5.13 Å². The van der Waals surface area contributed by atoms with Gasteiger partial charge in [-0.1, -0.05) is 11.3 Å². The van der Waals surface area contributed by atoms with Crippen LogP contribution in [0.5, 0.6) is 0 Å². The van der Waals surface area contributed by atoms with E-state index < -0.39 is 0 Å². The van der Waals surface area contributed by atoms with Crippen LogP contribution in [0.25, 0.3) is 0 Å². The van der Waals surface area contributed by atoms with E-state index >= 15 is 0 Å². The minimum atomic E-state index is 0.0136. The van der Waals surface area contributed by atoms with Crippen LogP contribution < -0.4 is 10.5 Å². The molecule has 3 aliphatic rings. The number of nitrogens with zero attached hydrogens (tertiary/aromatic N) is 4. The third-order valence-electron chi connectivity index (χ3n) is 5.03. The average Bonchev–Trinajstić information content (AvgIpc) is 3.31. The fourth-order valence-electron chi connectivity index (χ4n) is 3.43. The molecule has 2 aromatic rings. The molecule has 5 rings (SSSR count). The van der Waals surface area contributed by atoms with E-state index in [1.165, 1.54) is 23.4 Å². The van der Waals surface area contributed by atoms with Gasteiger partial charge in [0.05, 0.1) is 36.0 Å². The zero-order valence-electron chi connectivity index (χ0n) is 13.5. The molecule has 0 bridgehead atoms. The third kappa shape index (κ3) is 2.65. The molecule has 6 nitrogen and oxygen atoms in total. The van der Waals surface area contributed by atoms with Crippen LogP contribution in [0.15, 0.2) is 16.9 Å². The molecular weight excluding hydrogens is 324 g/mol. The van der Waals surface area contributed by atoms with Gasteiger partial charge < -0.3 is 9.64 Å². The number of ether oxygens (including phenoxy) is 1. The van der Waals surface area contributed by atoms with Crippen molar-refractivity contribution in [3.05, 3.63) is 38.8 Å². The number of thiazole rings is 1. The van der Waals surface area contributed by atoms with E-state index in [2.05, 4.69) is 10.00 Å². The zero-order chi connectivity index (χ0) is 16.1. The predicted octanol–water partition coefficient (Wildman–Crippen LogP) is 1.79. The fourth-order valence-corrected chi connectivity index (χ4v) is 4.49. The molecule has 0 amide bonds. The smallest absolute Gasteiger partial charge is 0.266 e. The van der Waals surface area contributed by atoms with Crippen molar-refractivity contribution >= 4 is 16.5 Å². The van der Waals surface area contributed by atoms with Gasteiger partial charge in [-0.25, -0.2) is 9.67 Å². The van der Waals surface area contributed by atoms with Crippen molar-refractivity contribution in [3.63, 3.8) is 0 Å². The van der Waals surface area contributed by atoms with Gasteiger partial charge >= 0.3 is 0 Å². The van der Waals surface area contributed by atoms with Crippen molar-refractivity contribution in [2.45, 2.75) is 38.3 Å². The normalized spacial score (nSPS) is 20.8. The molecule has 1 saturated carbocycles. The summed E-state index contributed by atoms with van der Waals surface area (Å²) < 4.78 is 7.16. The zero-order valence-corrected chi connectivity index (χ0v) is 14.3. The predicted molar refractivity (Wildman–Crippen MR) is 91.6 cm³/mol. The quantitative estimate of drug-likeness (QED) is 0.846. The largest absolute Gasteiger partial charge is 0.375 e. The van der Waals surface area contributed by atoms with Gasteiger partial charge in [-0.3, -0.25) is 4.79 Å². The highest BCUT2D eigenvalue weighted by Gasteiger charge is 2.31.